The maximum atomic E-state index is 13.0. The zero-order valence-corrected chi connectivity index (χ0v) is 15.9. The van der Waals surface area contributed by atoms with Gasteiger partial charge in [0, 0.05) is 6.54 Å². The SMILES string of the molecule is CCN(CC(=O)Nc1ccccc1C(F)(F)F)C(=O)c1ccc(C(F)(F)F)nc1C. The van der Waals surface area contributed by atoms with Crippen molar-refractivity contribution in [2.75, 3.05) is 18.4 Å². The van der Waals surface area contributed by atoms with Crippen LogP contribution in [0, 0.1) is 6.92 Å². The van der Waals surface area contributed by atoms with Crippen molar-refractivity contribution in [3.63, 3.8) is 0 Å². The first-order valence-electron chi connectivity index (χ1n) is 8.64. The van der Waals surface area contributed by atoms with Crippen molar-refractivity contribution < 1.29 is 35.9 Å². The van der Waals surface area contributed by atoms with Gasteiger partial charge in [-0.2, -0.15) is 26.3 Å². The molecule has 2 rings (SSSR count). The van der Waals surface area contributed by atoms with E-state index in [1.807, 2.05) is 0 Å². The summed E-state index contributed by atoms with van der Waals surface area (Å²) in [5, 5.41) is 2.11. The second-order valence-electron chi connectivity index (χ2n) is 6.24. The lowest BCUT2D eigenvalue weighted by atomic mass is 10.1. The number of aryl methyl sites for hydroxylation is 1. The number of pyridine rings is 1. The number of nitrogens with zero attached hydrogens (tertiary/aromatic N) is 2. The number of halogens is 6. The van der Waals surface area contributed by atoms with Crippen molar-refractivity contribution in [1.82, 2.24) is 9.88 Å². The highest BCUT2D eigenvalue weighted by molar-refractivity contribution is 6.00. The molecule has 1 aromatic heterocycles. The van der Waals surface area contributed by atoms with Gasteiger partial charge in [0.25, 0.3) is 5.91 Å². The molecular weight excluding hydrogens is 416 g/mol. The Bertz CT molecular complexity index is 941. The van der Waals surface area contributed by atoms with Crippen LogP contribution in [0.1, 0.15) is 34.2 Å². The van der Waals surface area contributed by atoms with Gasteiger partial charge >= 0.3 is 12.4 Å². The molecule has 1 N–H and O–H groups in total. The highest BCUT2D eigenvalue weighted by Gasteiger charge is 2.34. The first kappa shape index (κ1) is 23.2. The Morgan fingerprint density at radius 2 is 1.63 bits per heavy atom. The van der Waals surface area contributed by atoms with E-state index < -0.39 is 47.7 Å². The lowest BCUT2D eigenvalue weighted by molar-refractivity contribution is -0.141. The minimum Gasteiger partial charge on any atom is -0.330 e. The number of anilines is 1. The minimum absolute atomic E-state index is 0.00632. The van der Waals surface area contributed by atoms with Crippen LogP contribution in [0.15, 0.2) is 36.4 Å². The molecule has 1 aromatic carbocycles. The standard InChI is InChI=1S/C19H17F6N3O2/c1-3-28(17(30)12-8-9-15(19(23,24)25)26-11(12)2)10-16(29)27-14-7-5-4-6-13(14)18(20,21)22/h4-9H,3,10H2,1-2H3,(H,27,29). The number of rotatable bonds is 5. The summed E-state index contributed by atoms with van der Waals surface area (Å²) >= 11 is 0. The number of hydrogen-bond acceptors (Lipinski definition) is 3. The second kappa shape index (κ2) is 8.72. The summed E-state index contributed by atoms with van der Waals surface area (Å²) in [6.07, 6.45) is -9.37. The summed E-state index contributed by atoms with van der Waals surface area (Å²) in [6, 6.07) is 5.95. The van der Waals surface area contributed by atoms with Gasteiger partial charge in [0.2, 0.25) is 5.91 Å². The number of benzene rings is 1. The molecule has 0 radical (unpaired) electrons. The van der Waals surface area contributed by atoms with Crippen LogP contribution in [0.5, 0.6) is 0 Å². The number of para-hydroxylation sites is 1. The van der Waals surface area contributed by atoms with Gasteiger partial charge in [-0.3, -0.25) is 9.59 Å². The molecule has 0 atom stereocenters. The Hall–Kier alpha value is -3.11. The van der Waals surface area contributed by atoms with Crippen molar-refractivity contribution in [1.29, 1.82) is 0 Å². The van der Waals surface area contributed by atoms with Gasteiger partial charge < -0.3 is 10.2 Å². The lowest BCUT2D eigenvalue weighted by Crippen LogP contribution is -2.38. The summed E-state index contributed by atoms with van der Waals surface area (Å²) in [5.74, 6) is -1.66. The predicted octanol–water partition coefficient (Wildman–Crippen LogP) is 4.53. The summed E-state index contributed by atoms with van der Waals surface area (Å²) in [7, 11) is 0. The zero-order chi connectivity index (χ0) is 22.7. The molecule has 2 aromatic rings. The number of carbonyl (C=O) groups is 2. The molecule has 1 heterocycles. The second-order valence-corrected chi connectivity index (χ2v) is 6.24. The molecular formula is C19H17F6N3O2. The van der Waals surface area contributed by atoms with Crippen LogP contribution < -0.4 is 5.32 Å². The van der Waals surface area contributed by atoms with Gasteiger partial charge in [-0.25, -0.2) is 4.98 Å². The van der Waals surface area contributed by atoms with Gasteiger partial charge in [-0.15, -0.1) is 0 Å². The molecule has 0 spiro atoms. The van der Waals surface area contributed by atoms with Gasteiger partial charge in [-0.05, 0) is 38.1 Å². The summed E-state index contributed by atoms with van der Waals surface area (Å²) in [5.41, 5.74) is -3.01. The smallest absolute Gasteiger partial charge is 0.330 e. The third-order valence-electron chi connectivity index (χ3n) is 4.12. The van der Waals surface area contributed by atoms with E-state index in [9.17, 15) is 35.9 Å². The first-order valence-corrected chi connectivity index (χ1v) is 8.64. The van der Waals surface area contributed by atoms with Crippen molar-refractivity contribution in [2.24, 2.45) is 0 Å². The fourth-order valence-electron chi connectivity index (χ4n) is 2.64. The number of hydrogen-bond donors (Lipinski definition) is 1. The molecule has 0 saturated carbocycles. The van der Waals surface area contributed by atoms with Crippen molar-refractivity contribution in [3.05, 3.63) is 58.9 Å². The van der Waals surface area contributed by atoms with E-state index in [1.54, 1.807) is 0 Å². The zero-order valence-electron chi connectivity index (χ0n) is 15.9. The van der Waals surface area contributed by atoms with Gasteiger partial charge in [-0.1, -0.05) is 12.1 Å². The molecule has 162 valence electrons. The van der Waals surface area contributed by atoms with E-state index in [2.05, 4.69) is 10.3 Å². The first-order chi connectivity index (χ1) is 13.8. The van der Waals surface area contributed by atoms with Crippen molar-refractivity contribution in [2.45, 2.75) is 26.2 Å². The Morgan fingerprint density at radius 3 is 2.17 bits per heavy atom. The molecule has 5 nitrogen and oxygen atoms in total. The summed E-state index contributed by atoms with van der Waals surface area (Å²) < 4.78 is 77.3. The van der Waals surface area contributed by atoms with E-state index in [1.165, 1.54) is 26.0 Å². The number of likely N-dealkylation sites (N-methyl/N-ethyl adjacent to an activating group) is 1. The van der Waals surface area contributed by atoms with E-state index >= 15 is 0 Å². The van der Waals surface area contributed by atoms with Crippen LogP contribution in [-0.4, -0.2) is 34.8 Å². The lowest BCUT2D eigenvalue weighted by Gasteiger charge is -2.22. The third kappa shape index (κ3) is 5.49. The molecule has 0 aliphatic carbocycles. The normalized spacial score (nSPS) is 11.9. The largest absolute Gasteiger partial charge is 0.433 e. The van der Waals surface area contributed by atoms with Crippen LogP contribution >= 0.6 is 0 Å². The number of alkyl halides is 6. The Morgan fingerprint density at radius 1 is 1.00 bits per heavy atom. The molecule has 11 heteroatoms. The fraction of sp³-hybridized carbons (Fsp3) is 0.316. The fourth-order valence-corrected chi connectivity index (χ4v) is 2.64. The van der Waals surface area contributed by atoms with Crippen molar-refractivity contribution >= 4 is 17.5 Å². The number of amides is 2. The van der Waals surface area contributed by atoms with Gasteiger partial charge in [0.05, 0.1) is 22.5 Å². The Kier molecular flexibility index (Phi) is 6.73. The molecule has 0 aliphatic rings. The summed E-state index contributed by atoms with van der Waals surface area (Å²) in [6.45, 7) is 2.13. The van der Waals surface area contributed by atoms with Crippen LogP contribution in [0.4, 0.5) is 32.0 Å². The van der Waals surface area contributed by atoms with Crippen LogP contribution in [0.3, 0.4) is 0 Å². The average molecular weight is 433 g/mol. The van der Waals surface area contributed by atoms with Crippen LogP contribution in [-0.2, 0) is 17.1 Å². The molecule has 30 heavy (non-hydrogen) atoms. The predicted molar refractivity (Wildman–Crippen MR) is 95.6 cm³/mol. The van der Waals surface area contributed by atoms with E-state index in [0.29, 0.717) is 6.07 Å². The number of aromatic nitrogens is 1. The molecule has 0 bridgehead atoms. The van der Waals surface area contributed by atoms with E-state index in [4.69, 9.17) is 0 Å². The monoisotopic (exact) mass is 433 g/mol. The maximum absolute atomic E-state index is 13.0. The average Bonchev–Trinajstić information content (AvgIpc) is 2.64. The molecule has 0 fully saturated rings. The molecule has 2 amide bonds. The maximum Gasteiger partial charge on any atom is 0.433 e. The Labute approximate surface area is 167 Å². The van der Waals surface area contributed by atoms with Crippen molar-refractivity contribution in [3.8, 4) is 0 Å². The van der Waals surface area contributed by atoms with Gasteiger partial charge in [0.1, 0.15) is 12.2 Å². The highest BCUT2D eigenvalue weighted by Crippen LogP contribution is 2.34. The quantitative estimate of drug-likeness (QED) is 0.705. The Balaban J connectivity index is 2.18. The molecule has 0 saturated heterocycles. The van der Waals surface area contributed by atoms with Gasteiger partial charge in [0.15, 0.2) is 0 Å². The number of nitrogens with one attached hydrogen (secondary N) is 1. The van der Waals surface area contributed by atoms with Crippen LogP contribution in [0.2, 0.25) is 0 Å². The molecule has 0 aliphatic heterocycles. The topological polar surface area (TPSA) is 62.3 Å². The number of carbonyl (C=O) groups excluding carboxylic acids is 2. The summed E-state index contributed by atoms with van der Waals surface area (Å²) in [4.78, 5) is 29.2. The third-order valence-corrected chi connectivity index (χ3v) is 4.12. The highest BCUT2D eigenvalue weighted by atomic mass is 19.4. The van der Waals surface area contributed by atoms with Crippen LogP contribution in [0.25, 0.3) is 0 Å². The minimum atomic E-state index is -4.69. The molecule has 0 unspecified atom stereocenters. The van der Waals surface area contributed by atoms with E-state index in [-0.39, 0.29) is 17.8 Å². The van der Waals surface area contributed by atoms with E-state index in [0.717, 1.165) is 23.1 Å².